The third-order valence-corrected chi connectivity index (χ3v) is 3.84. The molecule has 0 aromatic heterocycles. The van der Waals surface area contributed by atoms with Gasteiger partial charge in [0.15, 0.2) is 0 Å². The molecule has 6 heteroatoms. The molecule has 0 heterocycles. The molecule has 29 heavy (non-hydrogen) atoms. The second kappa shape index (κ2) is 8.75. The minimum Gasteiger partial charge on any atom is -0.508 e. The largest absolute Gasteiger partial charge is 0.508 e. The molecule has 0 fully saturated rings. The summed E-state index contributed by atoms with van der Waals surface area (Å²) in [4.78, 5) is 23.6. The summed E-state index contributed by atoms with van der Waals surface area (Å²) in [5, 5.41) is 19.0. The molecule has 146 valence electrons. The summed E-state index contributed by atoms with van der Waals surface area (Å²) in [6, 6.07) is 17.4. The van der Waals surface area contributed by atoms with E-state index in [9.17, 15) is 19.8 Å². The van der Waals surface area contributed by atoms with Crippen LogP contribution in [0.25, 0.3) is 12.2 Å². The number of hydrogen-bond donors (Lipinski definition) is 2. The molecule has 3 rings (SSSR count). The molecule has 0 bridgehead atoms. The van der Waals surface area contributed by atoms with Crippen molar-refractivity contribution >= 4 is 24.1 Å². The number of phenols is 2. The van der Waals surface area contributed by atoms with Gasteiger partial charge in [0.1, 0.15) is 28.6 Å². The van der Waals surface area contributed by atoms with Crippen molar-refractivity contribution in [1.82, 2.24) is 0 Å². The minimum absolute atomic E-state index is 0.0269. The third kappa shape index (κ3) is 5.46. The summed E-state index contributed by atoms with van der Waals surface area (Å²) in [5.74, 6) is -0.748. The maximum absolute atomic E-state index is 12.4. The Balaban J connectivity index is 1.70. The van der Waals surface area contributed by atoms with Crippen LogP contribution in [-0.4, -0.2) is 22.2 Å². The second-order valence-corrected chi connectivity index (χ2v) is 6.16. The van der Waals surface area contributed by atoms with Crippen molar-refractivity contribution < 1.29 is 29.3 Å². The lowest BCUT2D eigenvalue weighted by molar-refractivity contribution is -0.131. The zero-order valence-corrected chi connectivity index (χ0v) is 15.5. The number of benzene rings is 3. The van der Waals surface area contributed by atoms with E-state index in [0.717, 1.165) is 5.56 Å². The molecule has 2 N–H and O–H groups in total. The molecule has 3 aromatic rings. The summed E-state index contributed by atoms with van der Waals surface area (Å²) in [7, 11) is 0. The monoisotopic (exact) mass is 390 g/mol. The highest BCUT2D eigenvalue weighted by atomic mass is 16.5. The van der Waals surface area contributed by atoms with Gasteiger partial charge in [0.25, 0.3) is 0 Å². The quantitative estimate of drug-likeness (QED) is 0.381. The van der Waals surface area contributed by atoms with Crippen molar-refractivity contribution in [2.75, 3.05) is 0 Å². The fourth-order valence-electron chi connectivity index (χ4n) is 2.59. The van der Waals surface area contributed by atoms with Gasteiger partial charge in [-0.2, -0.15) is 0 Å². The highest BCUT2D eigenvalue weighted by Crippen LogP contribution is 2.23. The van der Waals surface area contributed by atoms with Crippen LogP contribution in [0.2, 0.25) is 0 Å². The Bertz CT molecular complexity index is 1050. The van der Waals surface area contributed by atoms with E-state index in [1.807, 2.05) is 0 Å². The Morgan fingerprint density at radius 3 is 2.07 bits per heavy atom. The van der Waals surface area contributed by atoms with Crippen molar-refractivity contribution in [2.24, 2.45) is 0 Å². The van der Waals surface area contributed by atoms with Crippen LogP contribution in [0, 0.1) is 0 Å². The number of esters is 2. The van der Waals surface area contributed by atoms with E-state index in [2.05, 4.69) is 0 Å². The summed E-state index contributed by atoms with van der Waals surface area (Å²) in [6.07, 6.45) is 3.52. The van der Waals surface area contributed by atoms with Crippen LogP contribution < -0.4 is 9.47 Å². The molecule has 0 aliphatic heterocycles. The number of carbonyl (C=O) groups excluding carboxylic acids is 2. The van der Waals surface area contributed by atoms with Crippen LogP contribution in [-0.2, 0) is 4.79 Å². The number of phenolic OH excluding ortho intramolecular Hbond substituents is 2. The number of rotatable bonds is 5. The first kappa shape index (κ1) is 19.7. The van der Waals surface area contributed by atoms with Gasteiger partial charge in [-0.25, -0.2) is 4.79 Å². The molecule has 3 aromatic carbocycles. The molecular formula is C23H18O6. The van der Waals surface area contributed by atoms with Gasteiger partial charge < -0.3 is 19.7 Å². The van der Waals surface area contributed by atoms with Gasteiger partial charge in [0.2, 0.25) is 0 Å². The predicted molar refractivity (Wildman–Crippen MR) is 108 cm³/mol. The molecule has 0 radical (unpaired) electrons. The lowest BCUT2D eigenvalue weighted by Gasteiger charge is -2.09. The Hall–Kier alpha value is -4.06. The Morgan fingerprint density at radius 2 is 1.41 bits per heavy atom. The van der Waals surface area contributed by atoms with E-state index < -0.39 is 11.9 Å². The molecule has 0 spiro atoms. The number of aromatic hydroxyl groups is 2. The van der Waals surface area contributed by atoms with Crippen molar-refractivity contribution in [3.05, 3.63) is 83.4 Å². The fraction of sp³-hybridized carbons (Fsp3) is 0.0435. The lowest BCUT2D eigenvalue weighted by Crippen LogP contribution is -2.12. The first-order valence-corrected chi connectivity index (χ1v) is 8.71. The molecule has 0 atom stereocenters. The second-order valence-electron chi connectivity index (χ2n) is 6.16. The van der Waals surface area contributed by atoms with E-state index in [-0.39, 0.29) is 22.8 Å². The van der Waals surface area contributed by atoms with Crippen LogP contribution in [0.1, 0.15) is 28.4 Å². The SMILES string of the molecule is CC(=O)Oc1ccccc1C(=O)Oc1ccc(C=Cc2cc(O)cc(O)c2)cc1. The molecule has 0 saturated carbocycles. The standard InChI is InChI=1S/C23H18O6/c1-15(24)28-22-5-3-2-4-21(22)23(27)29-20-10-8-16(9-11-20)6-7-17-12-18(25)14-19(26)13-17/h2-14,25-26H,1H3. The van der Waals surface area contributed by atoms with Crippen LogP contribution in [0.15, 0.2) is 66.7 Å². The van der Waals surface area contributed by atoms with E-state index in [1.54, 1.807) is 48.6 Å². The minimum atomic E-state index is -0.639. The summed E-state index contributed by atoms with van der Waals surface area (Å²) in [6.45, 7) is 1.26. The normalized spacial score (nSPS) is 10.7. The van der Waals surface area contributed by atoms with Crippen molar-refractivity contribution in [3.63, 3.8) is 0 Å². The van der Waals surface area contributed by atoms with Crippen LogP contribution in [0.5, 0.6) is 23.0 Å². The summed E-state index contributed by atoms with van der Waals surface area (Å²) >= 11 is 0. The number of hydrogen-bond acceptors (Lipinski definition) is 6. The van der Waals surface area contributed by atoms with Gasteiger partial charge in [-0.05, 0) is 47.5 Å². The van der Waals surface area contributed by atoms with Gasteiger partial charge in [0.05, 0.1) is 0 Å². The maximum Gasteiger partial charge on any atom is 0.347 e. The average Bonchev–Trinajstić information content (AvgIpc) is 2.66. The van der Waals surface area contributed by atoms with E-state index in [4.69, 9.17) is 9.47 Å². The smallest absolute Gasteiger partial charge is 0.347 e. The topological polar surface area (TPSA) is 93.1 Å². The van der Waals surface area contributed by atoms with Crippen molar-refractivity contribution in [3.8, 4) is 23.0 Å². The van der Waals surface area contributed by atoms with Gasteiger partial charge in [0, 0.05) is 13.0 Å². The lowest BCUT2D eigenvalue weighted by atomic mass is 10.1. The number of carbonyl (C=O) groups is 2. The first-order valence-electron chi connectivity index (χ1n) is 8.71. The number of para-hydroxylation sites is 1. The highest BCUT2D eigenvalue weighted by molar-refractivity contribution is 5.94. The third-order valence-electron chi connectivity index (χ3n) is 3.84. The van der Waals surface area contributed by atoms with Crippen LogP contribution in [0.3, 0.4) is 0 Å². The van der Waals surface area contributed by atoms with E-state index in [0.29, 0.717) is 11.3 Å². The van der Waals surface area contributed by atoms with Gasteiger partial charge in [-0.15, -0.1) is 0 Å². The Morgan fingerprint density at radius 1 is 0.793 bits per heavy atom. The summed E-state index contributed by atoms with van der Waals surface area (Å²) < 4.78 is 10.4. The molecule has 0 saturated heterocycles. The number of ether oxygens (including phenoxy) is 2. The van der Waals surface area contributed by atoms with Crippen molar-refractivity contribution in [2.45, 2.75) is 6.92 Å². The van der Waals surface area contributed by atoms with Gasteiger partial charge >= 0.3 is 11.9 Å². The van der Waals surface area contributed by atoms with E-state index >= 15 is 0 Å². The average molecular weight is 390 g/mol. The zero-order valence-electron chi connectivity index (χ0n) is 15.5. The van der Waals surface area contributed by atoms with Gasteiger partial charge in [-0.1, -0.05) is 36.4 Å². The molecule has 0 aliphatic rings. The van der Waals surface area contributed by atoms with Crippen LogP contribution >= 0.6 is 0 Å². The maximum atomic E-state index is 12.4. The van der Waals surface area contributed by atoms with Crippen molar-refractivity contribution in [1.29, 1.82) is 0 Å². The molecule has 0 unspecified atom stereocenters. The Labute approximate surface area is 167 Å². The molecular weight excluding hydrogens is 372 g/mol. The first-order chi connectivity index (χ1) is 13.9. The van der Waals surface area contributed by atoms with E-state index in [1.165, 1.54) is 37.3 Å². The predicted octanol–water partition coefficient (Wildman–Crippen LogP) is 4.41. The van der Waals surface area contributed by atoms with Gasteiger partial charge in [-0.3, -0.25) is 4.79 Å². The Kier molecular flexibility index (Phi) is 5.94. The van der Waals surface area contributed by atoms with Crippen LogP contribution in [0.4, 0.5) is 0 Å². The molecule has 6 nitrogen and oxygen atoms in total. The fourth-order valence-corrected chi connectivity index (χ4v) is 2.59. The molecule has 0 aliphatic carbocycles. The molecule has 0 amide bonds. The summed E-state index contributed by atoms with van der Waals surface area (Å²) in [5.41, 5.74) is 1.61. The zero-order chi connectivity index (χ0) is 20.8. The highest BCUT2D eigenvalue weighted by Gasteiger charge is 2.15.